The van der Waals surface area contributed by atoms with E-state index in [1.807, 2.05) is 12.4 Å². The fourth-order valence-electron chi connectivity index (χ4n) is 4.28. The Labute approximate surface area is 164 Å². The second-order valence-electron chi connectivity index (χ2n) is 7.64. The first-order valence-corrected chi connectivity index (χ1v) is 9.93. The molecule has 2 N–H and O–H groups in total. The predicted molar refractivity (Wildman–Crippen MR) is 110 cm³/mol. The highest BCUT2D eigenvalue weighted by atomic mass is 15.1. The number of hydrogen-bond acceptors (Lipinski definition) is 4. The maximum Gasteiger partial charge on any atom is 0.157 e. The number of imidazole rings is 1. The van der Waals surface area contributed by atoms with Crippen molar-refractivity contribution in [1.29, 1.82) is 0 Å². The second-order valence-corrected chi connectivity index (χ2v) is 7.64. The van der Waals surface area contributed by atoms with E-state index >= 15 is 0 Å². The molecule has 1 fully saturated rings. The number of benzene rings is 1. The minimum Gasteiger partial charge on any atom is -0.361 e. The standard InChI is InChI=1S/C22H24N6/c1-2-6-20-19(5-1)17(11-26-20)15-28-9-3-4-16(14-28)10-18-12-23-13-21(27-18)22-24-7-8-25-22/h1-2,5-8,11-13,16,26H,3-4,9-10,14-15H2,(H,24,25). The van der Waals surface area contributed by atoms with Gasteiger partial charge in [0.25, 0.3) is 0 Å². The molecular weight excluding hydrogens is 348 g/mol. The Morgan fingerprint density at radius 1 is 1.14 bits per heavy atom. The zero-order valence-corrected chi connectivity index (χ0v) is 15.8. The van der Waals surface area contributed by atoms with Crippen molar-refractivity contribution >= 4 is 10.9 Å². The molecule has 28 heavy (non-hydrogen) atoms. The summed E-state index contributed by atoms with van der Waals surface area (Å²) in [6, 6.07) is 8.54. The molecule has 0 radical (unpaired) electrons. The average molecular weight is 372 g/mol. The van der Waals surface area contributed by atoms with Gasteiger partial charge < -0.3 is 9.97 Å². The van der Waals surface area contributed by atoms with Crippen molar-refractivity contribution < 1.29 is 0 Å². The highest BCUT2D eigenvalue weighted by Crippen LogP contribution is 2.25. The number of nitrogens with zero attached hydrogens (tertiary/aromatic N) is 4. The van der Waals surface area contributed by atoms with Crippen molar-refractivity contribution in [3.63, 3.8) is 0 Å². The molecule has 4 heterocycles. The van der Waals surface area contributed by atoms with E-state index in [0.717, 1.165) is 43.3 Å². The van der Waals surface area contributed by atoms with E-state index in [2.05, 4.69) is 55.3 Å². The van der Waals surface area contributed by atoms with Crippen molar-refractivity contribution in [3.05, 3.63) is 66.5 Å². The Balaban J connectivity index is 1.27. The number of nitrogens with one attached hydrogen (secondary N) is 2. The van der Waals surface area contributed by atoms with Crippen LogP contribution in [0.3, 0.4) is 0 Å². The monoisotopic (exact) mass is 372 g/mol. The lowest BCUT2D eigenvalue weighted by atomic mass is 9.93. The third-order valence-electron chi connectivity index (χ3n) is 5.60. The minimum atomic E-state index is 0.611. The lowest BCUT2D eigenvalue weighted by Crippen LogP contribution is -2.35. The number of fused-ring (bicyclic) bond motifs is 1. The number of likely N-dealkylation sites (tertiary alicyclic amines) is 1. The summed E-state index contributed by atoms with van der Waals surface area (Å²) in [5.74, 6) is 1.39. The van der Waals surface area contributed by atoms with Crippen LogP contribution in [0.5, 0.6) is 0 Å². The summed E-state index contributed by atoms with van der Waals surface area (Å²) in [6.07, 6.45) is 12.8. The lowest BCUT2D eigenvalue weighted by molar-refractivity contribution is 0.167. The second kappa shape index (κ2) is 7.56. The smallest absolute Gasteiger partial charge is 0.157 e. The van der Waals surface area contributed by atoms with Crippen molar-refractivity contribution in [1.82, 2.24) is 29.8 Å². The number of aromatic nitrogens is 5. The molecule has 3 aromatic heterocycles. The zero-order valence-electron chi connectivity index (χ0n) is 15.8. The van der Waals surface area contributed by atoms with E-state index in [4.69, 9.17) is 4.98 Å². The van der Waals surface area contributed by atoms with Crippen LogP contribution in [0.25, 0.3) is 22.4 Å². The van der Waals surface area contributed by atoms with Crippen LogP contribution < -0.4 is 0 Å². The molecule has 1 aliphatic rings. The Morgan fingerprint density at radius 3 is 3.04 bits per heavy atom. The number of piperidine rings is 1. The molecule has 1 aromatic carbocycles. The molecule has 6 nitrogen and oxygen atoms in total. The van der Waals surface area contributed by atoms with Crippen LogP contribution >= 0.6 is 0 Å². The highest BCUT2D eigenvalue weighted by molar-refractivity contribution is 5.82. The summed E-state index contributed by atoms with van der Waals surface area (Å²) in [7, 11) is 0. The molecule has 6 heteroatoms. The molecule has 0 spiro atoms. The van der Waals surface area contributed by atoms with Crippen LogP contribution in [0.4, 0.5) is 0 Å². The summed E-state index contributed by atoms with van der Waals surface area (Å²) < 4.78 is 0. The number of H-pyrrole nitrogens is 2. The summed E-state index contributed by atoms with van der Waals surface area (Å²) in [5.41, 5.74) is 4.47. The third-order valence-corrected chi connectivity index (χ3v) is 5.60. The molecule has 1 saturated heterocycles. The molecule has 0 saturated carbocycles. The maximum atomic E-state index is 4.77. The Bertz CT molecular complexity index is 1050. The first-order valence-electron chi connectivity index (χ1n) is 9.93. The summed E-state index contributed by atoms with van der Waals surface area (Å²) in [5, 5.41) is 1.33. The van der Waals surface area contributed by atoms with Gasteiger partial charge >= 0.3 is 0 Å². The van der Waals surface area contributed by atoms with Crippen LogP contribution in [0.2, 0.25) is 0 Å². The number of hydrogen-bond donors (Lipinski definition) is 2. The van der Waals surface area contributed by atoms with Crippen LogP contribution in [-0.2, 0) is 13.0 Å². The molecule has 4 aromatic rings. The van der Waals surface area contributed by atoms with Crippen LogP contribution in [0, 0.1) is 5.92 Å². The molecule has 0 amide bonds. The highest BCUT2D eigenvalue weighted by Gasteiger charge is 2.22. The van der Waals surface area contributed by atoms with Gasteiger partial charge in [0.15, 0.2) is 5.82 Å². The van der Waals surface area contributed by atoms with Crippen molar-refractivity contribution in [2.75, 3.05) is 13.1 Å². The number of aromatic amines is 2. The topological polar surface area (TPSA) is 73.5 Å². The van der Waals surface area contributed by atoms with Gasteiger partial charge in [-0.2, -0.15) is 0 Å². The average Bonchev–Trinajstić information content (AvgIpc) is 3.39. The maximum absolute atomic E-state index is 4.77. The Hall–Kier alpha value is -2.99. The number of para-hydroxylation sites is 1. The predicted octanol–water partition coefficient (Wildman–Crippen LogP) is 3.80. The van der Waals surface area contributed by atoms with Gasteiger partial charge in [-0.3, -0.25) is 9.88 Å². The van der Waals surface area contributed by atoms with Gasteiger partial charge in [-0.25, -0.2) is 9.97 Å². The molecule has 1 atom stereocenters. The van der Waals surface area contributed by atoms with Gasteiger partial charge in [-0.15, -0.1) is 0 Å². The van der Waals surface area contributed by atoms with Crippen LogP contribution in [0.15, 0.2) is 55.2 Å². The van der Waals surface area contributed by atoms with E-state index < -0.39 is 0 Å². The van der Waals surface area contributed by atoms with Crippen LogP contribution in [-0.4, -0.2) is 42.9 Å². The Morgan fingerprint density at radius 2 is 2.11 bits per heavy atom. The Kier molecular flexibility index (Phi) is 4.62. The quantitative estimate of drug-likeness (QED) is 0.559. The van der Waals surface area contributed by atoms with Gasteiger partial charge in [-0.05, 0) is 43.4 Å². The minimum absolute atomic E-state index is 0.611. The number of rotatable bonds is 5. The van der Waals surface area contributed by atoms with Gasteiger partial charge in [0.05, 0.1) is 11.9 Å². The fraction of sp³-hybridized carbons (Fsp3) is 0.318. The van der Waals surface area contributed by atoms with Crippen LogP contribution in [0.1, 0.15) is 24.1 Å². The van der Waals surface area contributed by atoms with Gasteiger partial charge in [0.2, 0.25) is 0 Å². The van der Waals surface area contributed by atoms with E-state index in [1.165, 1.54) is 29.3 Å². The lowest BCUT2D eigenvalue weighted by Gasteiger charge is -2.32. The molecular formula is C22H24N6. The van der Waals surface area contributed by atoms with E-state index in [0.29, 0.717) is 5.92 Å². The van der Waals surface area contributed by atoms with E-state index in [1.54, 1.807) is 12.4 Å². The SMILES string of the molecule is c1ccc2c(CN3CCCC(Cc4cncc(-c5ncc[nH]5)n4)C3)c[nH]c2c1. The summed E-state index contributed by atoms with van der Waals surface area (Å²) in [6.45, 7) is 3.26. The van der Waals surface area contributed by atoms with E-state index in [-0.39, 0.29) is 0 Å². The first kappa shape index (κ1) is 17.1. The first-order chi connectivity index (χ1) is 13.8. The zero-order chi connectivity index (χ0) is 18.8. The molecule has 0 aliphatic carbocycles. The summed E-state index contributed by atoms with van der Waals surface area (Å²) >= 11 is 0. The van der Waals surface area contributed by atoms with Gasteiger partial charge in [0.1, 0.15) is 5.69 Å². The molecule has 0 bridgehead atoms. The van der Waals surface area contributed by atoms with Crippen molar-refractivity contribution in [3.8, 4) is 11.5 Å². The normalized spacial score (nSPS) is 17.9. The van der Waals surface area contributed by atoms with Gasteiger partial charge in [0, 0.05) is 48.8 Å². The largest absolute Gasteiger partial charge is 0.361 e. The van der Waals surface area contributed by atoms with E-state index in [9.17, 15) is 0 Å². The molecule has 1 unspecified atom stereocenters. The molecule has 5 rings (SSSR count). The van der Waals surface area contributed by atoms with Gasteiger partial charge in [-0.1, -0.05) is 18.2 Å². The fourth-order valence-corrected chi connectivity index (χ4v) is 4.28. The third kappa shape index (κ3) is 3.55. The molecule has 1 aliphatic heterocycles. The van der Waals surface area contributed by atoms with Crippen molar-refractivity contribution in [2.45, 2.75) is 25.8 Å². The molecule has 142 valence electrons. The summed E-state index contributed by atoms with van der Waals surface area (Å²) in [4.78, 5) is 22.5. The van der Waals surface area contributed by atoms with Crippen molar-refractivity contribution in [2.24, 2.45) is 5.92 Å².